The fourth-order valence-electron chi connectivity index (χ4n) is 3.12. The lowest BCUT2D eigenvalue weighted by atomic mass is 10.0. The van der Waals surface area contributed by atoms with Crippen molar-refractivity contribution < 1.29 is 19.1 Å². The minimum Gasteiger partial charge on any atom is -0.453 e. The van der Waals surface area contributed by atoms with Crippen LogP contribution in [-0.2, 0) is 24.6 Å². The molecule has 0 saturated carbocycles. The Morgan fingerprint density at radius 3 is 2.59 bits per heavy atom. The van der Waals surface area contributed by atoms with Crippen LogP contribution < -0.4 is 10.6 Å². The second kappa shape index (κ2) is 7.91. The van der Waals surface area contributed by atoms with E-state index in [0.717, 1.165) is 48.2 Å². The smallest absolute Gasteiger partial charge is 0.413 e. The Morgan fingerprint density at radius 2 is 1.93 bits per heavy atom. The van der Waals surface area contributed by atoms with Gasteiger partial charge in [-0.15, -0.1) is 11.3 Å². The van der Waals surface area contributed by atoms with Crippen molar-refractivity contribution in [2.24, 2.45) is 7.05 Å². The molecule has 2 aromatic rings. The minimum atomic E-state index is -0.828. The Hall–Kier alpha value is -2.68. The average Bonchev–Trinajstić information content (AvgIpc) is 3.05. The summed E-state index contributed by atoms with van der Waals surface area (Å²) in [5.74, 6) is -0.948. The average molecular weight is 390 g/mol. The molecule has 2 aromatic heterocycles. The fourth-order valence-corrected chi connectivity index (χ4v) is 4.40. The van der Waals surface area contributed by atoms with E-state index in [2.05, 4.69) is 20.5 Å². The van der Waals surface area contributed by atoms with Crippen molar-refractivity contribution in [1.82, 2.24) is 15.1 Å². The van der Waals surface area contributed by atoms with Gasteiger partial charge in [-0.2, -0.15) is 5.10 Å². The van der Waals surface area contributed by atoms with Gasteiger partial charge in [0.25, 0.3) is 11.8 Å². The lowest BCUT2D eigenvalue weighted by molar-refractivity contribution is 0.0937. The lowest BCUT2D eigenvalue weighted by Gasteiger charge is -2.08. The third-order valence-corrected chi connectivity index (χ3v) is 5.83. The SMILES string of the molecule is COC(=O)NC(=O)c1c(NC(=O)c2cc(C)n(C)n2)sc2c1CCCCC2. The number of aromatic nitrogens is 2. The Bertz CT molecular complexity index is 880. The van der Waals surface area contributed by atoms with E-state index in [1.54, 1.807) is 17.8 Å². The summed E-state index contributed by atoms with van der Waals surface area (Å²) in [6.07, 6.45) is 3.87. The van der Waals surface area contributed by atoms with Crippen molar-refractivity contribution in [2.75, 3.05) is 12.4 Å². The van der Waals surface area contributed by atoms with Gasteiger partial charge >= 0.3 is 6.09 Å². The van der Waals surface area contributed by atoms with E-state index in [1.807, 2.05) is 6.92 Å². The Morgan fingerprint density at radius 1 is 1.19 bits per heavy atom. The highest BCUT2D eigenvalue weighted by Crippen LogP contribution is 2.37. The number of imide groups is 1. The Kier molecular flexibility index (Phi) is 5.59. The molecule has 0 unspecified atom stereocenters. The van der Waals surface area contributed by atoms with E-state index in [0.29, 0.717) is 10.6 Å². The van der Waals surface area contributed by atoms with Crippen molar-refractivity contribution in [3.63, 3.8) is 0 Å². The summed E-state index contributed by atoms with van der Waals surface area (Å²) in [5.41, 5.74) is 2.39. The zero-order chi connectivity index (χ0) is 19.6. The van der Waals surface area contributed by atoms with Crippen LogP contribution in [0.25, 0.3) is 0 Å². The summed E-state index contributed by atoms with van der Waals surface area (Å²) in [4.78, 5) is 37.9. The Labute approximate surface area is 160 Å². The number of amides is 3. The highest BCUT2D eigenvalue weighted by Gasteiger charge is 2.27. The van der Waals surface area contributed by atoms with E-state index < -0.39 is 12.0 Å². The maximum Gasteiger partial charge on any atom is 0.413 e. The van der Waals surface area contributed by atoms with Crippen LogP contribution in [0.3, 0.4) is 0 Å². The van der Waals surface area contributed by atoms with Crippen LogP contribution in [0.2, 0.25) is 0 Å². The van der Waals surface area contributed by atoms with Crippen LogP contribution >= 0.6 is 11.3 Å². The molecule has 1 aliphatic rings. The van der Waals surface area contributed by atoms with Crippen LogP contribution in [-0.4, -0.2) is 34.8 Å². The molecule has 0 aromatic carbocycles. The molecule has 1 aliphatic carbocycles. The van der Waals surface area contributed by atoms with Gasteiger partial charge < -0.3 is 10.1 Å². The van der Waals surface area contributed by atoms with E-state index >= 15 is 0 Å². The Balaban J connectivity index is 1.94. The van der Waals surface area contributed by atoms with Gasteiger partial charge in [0.15, 0.2) is 5.69 Å². The molecule has 3 amide bonds. The molecule has 144 valence electrons. The minimum absolute atomic E-state index is 0.276. The number of nitrogens with one attached hydrogen (secondary N) is 2. The van der Waals surface area contributed by atoms with Crippen molar-refractivity contribution >= 4 is 34.2 Å². The quantitative estimate of drug-likeness (QED) is 0.785. The largest absolute Gasteiger partial charge is 0.453 e. The third kappa shape index (κ3) is 4.02. The first-order valence-corrected chi connectivity index (χ1v) is 9.58. The summed E-state index contributed by atoms with van der Waals surface area (Å²) in [7, 11) is 2.96. The normalized spacial score (nSPS) is 13.4. The maximum absolute atomic E-state index is 12.7. The van der Waals surface area contributed by atoms with Crippen LogP contribution in [0.1, 0.15) is 56.2 Å². The van der Waals surface area contributed by atoms with Gasteiger partial charge in [-0.3, -0.25) is 19.6 Å². The van der Waals surface area contributed by atoms with Crippen LogP contribution in [0, 0.1) is 6.92 Å². The van der Waals surface area contributed by atoms with E-state index in [1.165, 1.54) is 18.4 Å². The van der Waals surface area contributed by atoms with Gasteiger partial charge in [0.1, 0.15) is 5.00 Å². The summed E-state index contributed by atoms with van der Waals surface area (Å²) in [6, 6.07) is 1.68. The topological polar surface area (TPSA) is 102 Å². The van der Waals surface area contributed by atoms with Crippen molar-refractivity contribution in [3.05, 3.63) is 33.5 Å². The zero-order valence-electron chi connectivity index (χ0n) is 15.5. The highest BCUT2D eigenvalue weighted by atomic mass is 32.1. The molecule has 2 heterocycles. The van der Waals surface area contributed by atoms with Crippen molar-refractivity contribution in [3.8, 4) is 0 Å². The lowest BCUT2D eigenvalue weighted by Crippen LogP contribution is -2.31. The molecule has 0 aliphatic heterocycles. The molecule has 0 fully saturated rings. The summed E-state index contributed by atoms with van der Waals surface area (Å²) >= 11 is 1.39. The standard InChI is InChI=1S/C18H22N4O4S/c1-10-9-12(21-22(10)2)15(23)19-17-14(16(24)20-18(25)26-3)11-7-5-4-6-8-13(11)27-17/h9H,4-8H2,1-3H3,(H,19,23)(H,20,24,25). The number of anilines is 1. The fraction of sp³-hybridized carbons (Fsp3) is 0.444. The van der Waals surface area contributed by atoms with Gasteiger partial charge in [0.05, 0.1) is 12.7 Å². The predicted octanol–water partition coefficient (Wildman–Crippen LogP) is 2.81. The summed E-state index contributed by atoms with van der Waals surface area (Å²) < 4.78 is 6.14. The molecular formula is C18H22N4O4S. The molecule has 0 saturated heterocycles. The van der Waals surface area contributed by atoms with E-state index in [-0.39, 0.29) is 11.6 Å². The van der Waals surface area contributed by atoms with E-state index in [9.17, 15) is 14.4 Å². The highest BCUT2D eigenvalue weighted by molar-refractivity contribution is 7.17. The molecule has 0 radical (unpaired) electrons. The molecule has 8 nitrogen and oxygen atoms in total. The number of alkyl carbamates (subject to hydrolysis) is 1. The van der Waals surface area contributed by atoms with Gasteiger partial charge in [0.2, 0.25) is 0 Å². The first-order valence-electron chi connectivity index (χ1n) is 8.76. The van der Waals surface area contributed by atoms with Crippen LogP contribution in [0.5, 0.6) is 0 Å². The molecule has 3 rings (SSSR count). The number of rotatable bonds is 3. The van der Waals surface area contributed by atoms with Crippen molar-refractivity contribution in [2.45, 2.75) is 39.0 Å². The van der Waals surface area contributed by atoms with Gasteiger partial charge in [0, 0.05) is 17.6 Å². The molecular weight excluding hydrogens is 368 g/mol. The number of methoxy groups -OCH3 is 1. The second-order valence-electron chi connectivity index (χ2n) is 6.46. The number of aryl methyl sites for hydroxylation is 3. The third-order valence-electron chi connectivity index (χ3n) is 4.62. The van der Waals surface area contributed by atoms with Gasteiger partial charge in [-0.05, 0) is 44.2 Å². The monoisotopic (exact) mass is 390 g/mol. The molecule has 9 heteroatoms. The zero-order valence-corrected chi connectivity index (χ0v) is 16.4. The number of carbonyl (C=O) groups excluding carboxylic acids is 3. The predicted molar refractivity (Wildman–Crippen MR) is 101 cm³/mol. The maximum atomic E-state index is 12.7. The number of hydrogen-bond donors (Lipinski definition) is 2. The van der Waals surface area contributed by atoms with Crippen LogP contribution in [0.15, 0.2) is 6.07 Å². The summed E-state index contributed by atoms with van der Waals surface area (Å²) in [6.45, 7) is 1.85. The molecule has 2 N–H and O–H groups in total. The molecule has 0 bridgehead atoms. The van der Waals surface area contributed by atoms with Gasteiger partial charge in [-0.25, -0.2) is 4.79 Å². The summed E-state index contributed by atoms with van der Waals surface area (Å²) in [5, 5.41) is 9.63. The molecule has 27 heavy (non-hydrogen) atoms. The number of thiophene rings is 1. The van der Waals surface area contributed by atoms with Crippen LogP contribution in [0.4, 0.5) is 9.80 Å². The number of fused-ring (bicyclic) bond motifs is 1. The van der Waals surface area contributed by atoms with Crippen molar-refractivity contribution in [1.29, 1.82) is 0 Å². The van der Waals surface area contributed by atoms with E-state index in [4.69, 9.17) is 0 Å². The molecule has 0 spiro atoms. The number of ether oxygens (including phenoxy) is 1. The van der Waals surface area contributed by atoms with Gasteiger partial charge in [-0.1, -0.05) is 6.42 Å². The number of carbonyl (C=O) groups is 3. The molecule has 0 atom stereocenters. The second-order valence-corrected chi connectivity index (χ2v) is 7.57. The number of nitrogens with zero attached hydrogens (tertiary/aromatic N) is 2. The number of hydrogen-bond acceptors (Lipinski definition) is 6. The first kappa shape index (κ1) is 19.1. The first-order chi connectivity index (χ1) is 12.9.